The zero-order valence-electron chi connectivity index (χ0n) is 8.28. The highest BCUT2D eigenvalue weighted by molar-refractivity contribution is 5.95. The first-order valence-corrected chi connectivity index (χ1v) is 4.55. The molecular formula is C9H13N3O2. The third kappa shape index (κ3) is 1.63. The lowest BCUT2D eigenvalue weighted by molar-refractivity contribution is -0.00347. The maximum absolute atomic E-state index is 11.7. The molecule has 2 rings (SSSR count). The van der Waals surface area contributed by atoms with Crippen LogP contribution in [0.3, 0.4) is 0 Å². The van der Waals surface area contributed by atoms with Crippen molar-refractivity contribution in [2.75, 3.05) is 13.2 Å². The van der Waals surface area contributed by atoms with E-state index in [2.05, 4.69) is 10.4 Å². The quantitative estimate of drug-likeness (QED) is 0.714. The number of aromatic nitrogens is 2. The lowest BCUT2D eigenvalue weighted by Gasteiger charge is -2.26. The Morgan fingerprint density at radius 1 is 1.71 bits per heavy atom. The molecule has 1 aliphatic rings. The fourth-order valence-electron chi connectivity index (χ4n) is 1.40. The summed E-state index contributed by atoms with van der Waals surface area (Å²) in [7, 11) is 1.80. The fourth-order valence-corrected chi connectivity index (χ4v) is 1.40. The predicted octanol–water partition coefficient (Wildman–Crippen LogP) is -0.143. The van der Waals surface area contributed by atoms with Gasteiger partial charge in [-0.15, -0.1) is 0 Å². The Kier molecular flexibility index (Phi) is 2.25. The summed E-state index contributed by atoms with van der Waals surface area (Å²) in [4.78, 5) is 11.7. The van der Waals surface area contributed by atoms with Gasteiger partial charge in [-0.2, -0.15) is 5.10 Å². The minimum atomic E-state index is -0.0658. The van der Waals surface area contributed by atoms with Crippen molar-refractivity contribution in [1.29, 1.82) is 0 Å². The van der Waals surface area contributed by atoms with Crippen LogP contribution in [0.4, 0.5) is 0 Å². The molecule has 0 unspecified atom stereocenters. The van der Waals surface area contributed by atoms with Crippen LogP contribution in [0.5, 0.6) is 0 Å². The standard InChI is InChI=1S/C9H13N3O2/c1-6-8(3-12(2)11-6)9(13)10-7-4-14-5-7/h3,7H,4-5H2,1-2H3,(H,10,13). The Balaban J connectivity index is 2.06. The molecule has 1 saturated heterocycles. The molecule has 76 valence electrons. The fraction of sp³-hybridized carbons (Fsp3) is 0.556. The van der Waals surface area contributed by atoms with Gasteiger partial charge in [0.05, 0.1) is 30.5 Å². The topological polar surface area (TPSA) is 56.2 Å². The van der Waals surface area contributed by atoms with Crippen LogP contribution in [0.15, 0.2) is 6.20 Å². The Morgan fingerprint density at radius 3 is 2.86 bits per heavy atom. The van der Waals surface area contributed by atoms with Crippen LogP contribution >= 0.6 is 0 Å². The van der Waals surface area contributed by atoms with Crippen molar-refractivity contribution in [3.05, 3.63) is 17.5 Å². The molecule has 0 saturated carbocycles. The highest BCUT2D eigenvalue weighted by Gasteiger charge is 2.22. The second-order valence-electron chi connectivity index (χ2n) is 3.51. The molecule has 5 heteroatoms. The molecule has 2 heterocycles. The Labute approximate surface area is 82.0 Å². The largest absolute Gasteiger partial charge is 0.377 e. The van der Waals surface area contributed by atoms with Gasteiger partial charge >= 0.3 is 0 Å². The van der Waals surface area contributed by atoms with E-state index in [0.717, 1.165) is 5.69 Å². The van der Waals surface area contributed by atoms with Crippen LogP contribution in [0.1, 0.15) is 16.1 Å². The van der Waals surface area contributed by atoms with Crippen molar-refractivity contribution >= 4 is 5.91 Å². The average Bonchev–Trinajstić information content (AvgIpc) is 2.37. The summed E-state index contributed by atoms with van der Waals surface area (Å²) in [5.74, 6) is -0.0658. The number of carbonyl (C=O) groups excluding carboxylic acids is 1. The molecule has 1 aromatic rings. The van der Waals surface area contributed by atoms with Crippen molar-refractivity contribution in [2.24, 2.45) is 7.05 Å². The van der Waals surface area contributed by atoms with Gasteiger partial charge in [0, 0.05) is 13.2 Å². The first kappa shape index (κ1) is 9.21. The van der Waals surface area contributed by atoms with Crippen molar-refractivity contribution in [3.63, 3.8) is 0 Å². The van der Waals surface area contributed by atoms with Gasteiger partial charge in [0.25, 0.3) is 5.91 Å². The highest BCUT2D eigenvalue weighted by Crippen LogP contribution is 2.06. The third-order valence-corrected chi connectivity index (χ3v) is 2.23. The monoisotopic (exact) mass is 195 g/mol. The van der Waals surface area contributed by atoms with Crippen molar-refractivity contribution in [2.45, 2.75) is 13.0 Å². The van der Waals surface area contributed by atoms with Crippen LogP contribution in [0.25, 0.3) is 0 Å². The number of amides is 1. The highest BCUT2D eigenvalue weighted by atomic mass is 16.5. The van der Waals surface area contributed by atoms with Crippen molar-refractivity contribution in [3.8, 4) is 0 Å². The molecule has 0 aromatic carbocycles. The Hall–Kier alpha value is -1.36. The van der Waals surface area contributed by atoms with Crippen molar-refractivity contribution < 1.29 is 9.53 Å². The Bertz CT molecular complexity index is 355. The first-order valence-electron chi connectivity index (χ1n) is 4.55. The summed E-state index contributed by atoms with van der Waals surface area (Å²) in [6.07, 6.45) is 1.73. The van der Waals surface area contributed by atoms with Gasteiger partial charge in [0.2, 0.25) is 0 Å². The number of nitrogens with zero attached hydrogens (tertiary/aromatic N) is 2. The number of aryl methyl sites for hydroxylation is 2. The summed E-state index contributed by atoms with van der Waals surface area (Å²) in [5, 5.41) is 6.98. The number of hydrogen-bond donors (Lipinski definition) is 1. The van der Waals surface area contributed by atoms with E-state index >= 15 is 0 Å². The molecule has 1 fully saturated rings. The lowest BCUT2D eigenvalue weighted by atomic mass is 10.2. The molecular weight excluding hydrogens is 182 g/mol. The molecule has 5 nitrogen and oxygen atoms in total. The van der Waals surface area contributed by atoms with E-state index in [-0.39, 0.29) is 11.9 Å². The molecule has 0 bridgehead atoms. The smallest absolute Gasteiger partial charge is 0.255 e. The second kappa shape index (κ2) is 3.42. The average molecular weight is 195 g/mol. The third-order valence-electron chi connectivity index (χ3n) is 2.23. The number of nitrogens with one attached hydrogen (secondary N) is 1. The molecule has 0 atom stereocenters. The summed E-state index contributed by atoms with van der Waals surface area (Å²) < 4.78 is 6.61. The van der Waals surface area contributed by atoms with Gasteiger partial charge in [-0.25, -0.2) is 0 Å². The number of hydrogen-bond acceptors (Lipinski definition) is 3. The van der Waals surface area contributed by atoms with Crippen LogP contribution in [-0.4, -0.2) is 34.9 Å². The van der Waals surface area contributed by atoms with Gasteiger partial charge in [0.1, 0.15) is 0 Å². The van der Waals surface area contributed by atoms with Gasteiger partial charge in [-0.1, -0.05) is 0 Å². The minimum Gasteiger partial charge on any atom is -0.377 e. The van der Waals surface area contributed by atoms with Crippen LogP contribution < -0.4 is 5.32 Å². The molecule has 14 heavy (non-hydrogen) atoms. The number of rotatable bonds is 2. The molecule has 0 spiro atoms. The van der Waals surface area contributed by atoms with E-state index in [4.69, 9.17) is 4.74 Å². The first-order chi connectivity index (χ1) is 6.66. The van der Waals surface area contributed by atoms with Gasteiger partial charge < -0.3 is 10.1 Å². The van der Waals surface area contributed by atoms with E-state index in [0.29, 0.717) is 18.8 Å². The maximum Gasteiger partial charge on any atom is 0.255 e. The van der Waals surface area contributed by atoms with E-state index in [1.807, 2.05) is 6.92 Å². The van der Waals surface area contributed by atoms with Gasteiger partial charge in [-0.3, -0.25) is 9.48 Å². The zero-order valence-corrected chi connectivity index (χ0v) is 8.28. The predicted molar refractivity (Wildman–Crippen MR) is 50.0 cm³/mol. The summed E-state index contributed by atoms with van der Waals surface area (Å²) in [6, 6.07) is 0.169. The van der Waals surface area contributed by atoms with Crippen molar-refractivity contribution in [1.82, 2.24) is 15.1 Å². The van der Waals surface area contributed by atoms with Gasteiger partial charge in [-0.05, 0) is 6.92 Å². The van der Waals surface area contributed by atoms with Crippen LogP contribution in [0, 0.1) is 6.92 Å². The number of carbonyl (C=O) groups is 1. The summed E-state index contributed by atoms with van der Waals surface area (Å²) in [5.41, 5.74) is 1.39. The second-order valence-corrected chi connectivity index (χ2v) is 3.51. The van der Waals surface area contributed by atoms with Crippen LogP contribution in [-0.2, 0) is 11.8 Å². The molecule has 1 N–H and O–H groups in total. The Morgan fingerprint density at radius 2 is 2.43 bits per heavy atom. The summed E-state index contributed by atoms with van der Waals surface area (Å²) in [6.45, 7) is 3.06. The molecule has 0 aliphatic carbocycles. The molecule has 0 radical (unpaired) electrons. The minimum absolute atomic E-state index is 0.0658. The SMILES string of the molecule is Cc1nn(C)cc1C(=O)NC1COC1. The maximum atomic E-state index is 11.7. The lowest BCUT2D eigenvalue weighted by Crippen LogP contribution is -2.48. The van der Waals surface area contributed by atoms with E-state index < -0.39 is 0 Å². The normalized spacial score (nSPS) is 16.4. The molecule has 1 amide bonds. The summed E-state index contributed by atoms with van der Waals surface area (Å²) >= 11 is 0. The van der Waals surface area contributed by atoms with Gasteiger partial charge in [0.15, 0.2) is 0 Å². The van der Waals surface area contributed by atoms with E-state index in [9.17, 15) is 4.79 Å². The van der Waals surface area contributed by atoms with Crippen LogP contribution in [0.2, 0.25) is 0 Å². The molecule has 1 aliphatic heterocycles. The van der Waals surface area contributed by atoms with E-state index in [1.165, 1.54) is 0 Å². The number of ether oxygens (including phenoxy) is 1. The molecule has 1 aromatic heterocycles. The zero-order chi connectivity index (χ0) is 10.1. The van der Waals surface area contributed by atoms with E-state index in [1.54, 1.807) is 17.9 Å².